The molecule has 28 heteroatoms. The second-order valence-electron chi connectivity index (χ2n) is 32.5. The molecule has 0 bridgehead atoms. The topological polar surface area (TPSA) is 312 Å². The molecule has 696 valence electrons. The first-order valence-electron chi connectivity index (χ1n) is 45.4. The van der Waals surface area contributed by atoms with E-state index in [0.717, 1.165) is 57.8 Å². The summed E-state index contributed by atoms with van der Waals surface area (Å²) in [5.41, 5.74) is -6.11. The number of hydrogen-bond donors (Lipinski definition) is 5. The van der Waals surface area contributed by atoms with Crippen molar-refractivity contribution < 1.29 is 109 Å². The first-order valence-corrected chi connectivity index (χ1v) is 45.4. The van der Waals surface area contributed by atoms with Crippen LogP contribution in [0.3, 0.4) is 0 Å². The van der Waals surface area contributed by atoms with E-state index in [-0.39, 0.29) is 82.3 Å². The van der Waals surface area contributed by atoms with Gasteiger partial charge in [0.25, 0.3) is 5.91 Å². The number of rotatable bonds is 85. The summed E-state index contributed by atoms with van der Waals surface area (Å²) in [7, 11) is 4.83. The van der Waals surface area contributed by atoms with Gasteiger partial charge in [-0.05, 0) is 86.8 Å². The standard InChI is InChI=1S/C92H165N5O23/c1-15-18-21-24-27-30-33-36-39-42-45-115-80-74-77(75-81(116-46-43-40-37-34-31-28-25-22-19-16-2)83(80)119-47-44-41-38-35-32-29-26-23-20-17-3)93-85(99)89(4,5)95-87(101)91(8,9)97-88(102)92(10,11)96-86(100)90(6,7)94-84(98)76-72-78(117-69-66-112-63-60-109-57-54-106-51-48-103-12)82(120-71-68-114-65-62-111-59-56-108-53-50-105-14)79(73-76)118-70-67-113-64-61-110-58-55-107-52-49-104-13/h72-75H,15-71H2,1-14H3,(H,93,99)(H,94,98)(H,95,101)(H,96,100)(H,97,102). The number of carbonyl (C=O) groups excluding carboxylic acids is 5. The average molecular weight is 1710 g/mol. The zero-order chi connectivity index (χ0) is 87.9. The highest BCUT2D eigenvalue weighted by molar-refractivity contribution is 6.04. The minimum Gasteiger partial charge on any atom is -0.489 e. The summed E-state index contributed by atoms with van der Waals surface area (Å²) in [6.07, 6.45) is 35.7. The number of methoxy groups -OCH3 is 3. The third kappa shape index (κ3) is 54.7. The molecule has 0 fully saturated rings. The Morgan fingerprint density at radius 2 is 0.450 bits per heavy atom. The lowest BCUT2D eigenvalue weighted by Gasteiger charge is -2.36. The molecule has 0 saturated heterocycles. The van der Waals surface area contributed by atoms with Crippen LogP contribution in [0.25, 0.3) is 0 Å². The predicted octanol–water partition coefficient (Wildman–Crippen LogP) is 15.6. The molecule has 0 heterocycles. The summed E-state index contributed by atoms with van der Waals surface area (Å²) in [5.74, 6) is -1.53. The molecule has 5 N–H and O–H groups in total. The van der Waals surface area contributed by atoms with Crippen LogP contribution in [0.1, 0.15) is 279 Å². The molecule has 2 rings (SSSR count). The molecule has 0 aliphatic rings. The van der Waals surface area contributed by atoms with Crippen molar-refractivity contribution in [2.24, 2.45) is 0 Å². The van der Waals surface area contributed by atoms with Crippen molar-refractivity contribution in [3.8, 4) is 34.5 Å². The first kappa shape index (κ1) is 110. The van der Waals surface area contributed by atoms with Crippen LogP contribution in [0.5, 0.6) is 34.5 Å². The van der Waals surface area contributed by atoms with Crippen LogP contribution in [-0.2, 0) is 76.0 Å². The Labute approximate surface area is 722 Å². The second kappa shape index (κ2) is 71.4. The van der Waals surface area contributed by atoms with Crippen molar-refractivity contribution in [3.63, 3.8) is 0 Å². The molecule has 0 aromatic heterocycles. The van der Waals surface area contributed by atoms with Crippen LogP contribution in [0.4, 0.5) is 5.69 Å². The van der Waals surface area contributed by atoms with Crippen LogP contribution in [0, 0.1) is 0 Å². The molecule has 0 aliphatic heterocycles. The minimum atomic E-state index is -1.68. The van der Waals surface area contributed by atoms with E-state index < -0.39 is 51.7 Å². The van der Waals surface area contributed by atoms with Crippen LogP contribution in [-0.4, -0.2) is 251 Å². The zero-order valence-corrected chi connectivity index (χ0v) is 77.0. The van der Waals surface area contributed by atoms with E-state index in [0.29, 0.717) is 142 Å². The maximum Gasteiger partial charge on any atom is 0.252 e. The van der Waals surface area contributed by atoms with Crippen LogP contribution in [0.2, 0.25) is 0 Å². The van der Waals surface area contributed by atoms with Gasteiger partial charge in [0.1, 0.15) is 42.0 Å². The van der Waals surface area contributed by atoms with Crippen LogP contribution in [0.15, 0.2) is 24.3 Å². The Morgan fingerprint density at radius 1 is 0.242 bits per heavy atom. The van der Waals surface area contributed by atoms with Gasteiger partial charge >= 0.3 is 0 Å². The number of anilines is 1. The highest BCUT2D eigenvalue weighted by Gasteiger charge is 2.42. The molecule has 0 aliphatic carbocycles. The SMILES string of the molecule is CCCCCCCCCCCCOc1cc(NC(=O)C(C)(C)NC(=O)C(C)(C)NC(=O)C(C)(C)NC(=O)C(C)(C)NC(=O)c2cc(OCCOCCOCCOCCOC)c(OCCOCCOCCOCCOC)c(OCCOCCOCCOCCOC)c2)cc(OCCCCCCCCCCCC)c1OCCCCCCCCCCCC. The van der Waals surface area contributed by atoms with Gasteiger partial charge < -0.3 is 112 Å². The Morgan fingerprint density at radius 3 is 0.733 bits per heavy atom. The van der Waals surface area contributed by atoms with Gasteiger partial charge in [-0.25, -0.2) is 0 Å². The van der Waals surface area contributed by atoms with Gasteiger partial charge in [0, 0.05) is 44.7 Å². The maximum absolute atomic E-state index is 14.6. The maximum atomic E-state index is 14.6. The number of benzene rings is 2. The minimum absolute atomic E-state index is 0.0130. The van der Waals surface area contributed by atoms with Gasteiger partial charge in [0.2, 0.25) is 35.1 Å². The summed E-state index contributed by atoms with van der Waals surface area (Å²) in [6.45, 7) is 27.7. The van der Waals surface area contributed by atoms with E-state index in [9.17, 15) is 24.0 Å². The molecule has 2 aromatic rings. The Bertz CT molecular complexity index is 2810. The fourth-order valence-corrected chi connectivity index (χ4v) is 12.2. The van der Waals surface area contributed by atoms with Crippen molar-refractivity contribution in [2.45, 2.75) is 291 Å². The second-order valence-corrected chi connectivity index (χ2v) is 32.5. The quantitative estimate of drug-likeness (QED) is 0.0384. The molecular weight excluding hydrogens is 1540 g/mol. The summed E-state index contributed by atoms with van der Waals surface area (Å²) in [5, 5.41) is 14.3. The number of carbonyl (C=O) groups is 5. The first-order chi connectivity index (χ1) is 58.0. The van der Waals surface area contributed by atoms with Gasteiger partial charge in [-0.3, -0.25) is 24.0 Å². The Kier molecular flexibility index (Phi) is 65.6. The molecule has 0 spiro atoms. The lowest BCUT2D eigenvalue weighted by Crippen LogP contribution is -2.67. The lowest BCUT2D eigenvalue weighted by atomic mass is 9.95. The number of amides is 5. The molecule has 2 aromatic carbocycles. The predicted molar refractivity (Wildman–Crippen MR) is 471 cm³/mol. The monoisotopic (exact) mass is 1710 g/mol. The summed E-state index contributed by atoms with van der Waals surface area (Å²) < 4.78 is 105. The molecule has 0 unspecified atom stereocenters. The largest absolute Gasteiger partial charge is 0.489 e. The summed E-state index contributed by atoms with van der Waals surface area (Å²) in [6, 6.07) is 6.49. The van der Waals surface area contributed by atoms with Crippen LogP contribution >= 0.6 is 0 Å². The molecule has 28 nitrogen and oxygen atoms in total. The van der Waals surface area contributed by atoms with Gasteiger partial charge in [-0.1, -0.05) is 194 Å². The highest BCUT2D eigenvalue weighted by Crippen LogP contribution is 2.42. The van der Waals surface area contributed by atoms with Crippen molar-refractivity contribution in [1.29, 1.82) is 0 Å². The molecule has 0 saturated carbocycles. The zero-order valence-electron chi connectivity index (χ0n) is 77.0. The molecule has 0 atom stereocenters. The van der Waals surface area contributed by atoms with E-state index in [1.807, 2.05) is 0 Å². The molecule has 5 amide bonds. The van der Waals surface area contributed by atoms with Gasteiger partial charge in [0.15, 0.2) is 23.0 Å². The van der Waals surface area contributed by atoms with Crippen LogP contribution < -0.4 is 55.0 Å². The normalized spacial score (nSPS) is 11.9. The van der Waals surface area contributed by atoms with Crippen molar-refractivity contribution in [2.75, 3.05) is 205 Å². The van der Waals surface area contributed by atoms with Crippen molar-refractivity contribution in [3.05, 3.63) is 29.8 Å². The molecule has 120 heavy (non-hydrogen) atoms. The van der Waals surface area contributed by atoms with Crippen molar-refractivity contribution in [1.82, 2.24) is 21.3 Å². The third-order valence-electron chi connectivity index (χ3n) is 19.8. The molecule has 0 radical (unpaired) electrons. The summed E-state index contributed by atoms with van der Waals surface area (Å²) >= 11 is 0. The number of unbranched alkanes of at least 4 members (excludes halogenated alkanes) is 27. The smallest absolute Gasteiger partial charge is 0.252 e. The Hall–Kier alpha value is -5.89. The fraction of sp³-hybridized carbons (Fsp3) is 0.815. The van der Waals surface area contributed by atoms with Gasteiger partial charge in [0.05, 0.1) is 159 Å². The fourth-order valence-electron chi connectivity index (χ4n) is 12.2. The Balaban J connectivity index is 2.41. The van der Waals surface area contributed by atoms with Crippen molar-refractivity contribution >= 4 is 35.2 Å². The highest BCUT2D eigenvalue weighted by atomic mass is 16.6. The molecular formula is C92H165N5O23. The number of ether oxygens (including phenoxy) is 18. The van der Waals surface area contributed by atoms with E-state index in [1.165, 1.54) is 189 Å². The summed E-state index contributed by atoms with van der Waals surface area (Å²) in [4.78, 5) is 72.6. The van der Waals surface area contributed by atoms with Gasteiger partial charge in [-0.2, -0.15) is 0 Å². The van der Waals surface area contributed by atoms with E-state index in [2.05, 4.69) is 47.4 Å². The third-order valence-corrected chi connectivity index (χ3v) is 19.8. The van der Waals surface area contributed by atoms with E-state index in [4.69, 9.17) is 85.3 Å². The number of hydrogen-bond acceptors (Lipinski definition) is 23. The van der Waals surface area contributed by atoms with E-state index in [1.54, 1.807) is 47.3 Å². The average Bonchev–Trinajstić information content (AvgIpc) is 0.807. The lowest BCUT2D eigenvalue weighted by molar-refractivity contribution is -0.139. The number of nitrogens with one attached hydrogen (secondary N) is 5. The van der Waals surface area contributed by atoms with E-state index >= 15 is 0 Å². The van der Waals surface area contributed by atoms with Gasteiger partial charge in [-0.15, -0.1) is 0 Å².